The predicted molar refractivity (Wildman–Crippen MR) is 131 cm³/mol. The first-order valence-corrected chi connectivity index (χ1v) is 11.7. The molecule has 2 aromatic carbocycles. The Bertz CT molecular complexity index is 1170. The minimum atomic E-state index is -0.421. The van der Waals surface area contributed by atoms with Gasteiger partial charge >= 0.3 is 0 Å². The summed E-state index contributed by atoms with van der Waals surface area (Å²) in [6, 6.07) is 11.1. The van der Waals surface area contributed by atoms with Gasteiger partial charge in [-0.2, -0.15) is 0 Å². The van der Waals surface area contributed by atoms with Crippen molar-refractivity contribution in [2.24, 2.45) is 11.8 Å². The smallest absolute Gasteiger partial charge is 0.294 e. The molecule has 2 heterocycles. The predicted octanol–water partition coefficient (Wildman–Crippen LogP) is 3.99. The molecule has 2 saturated heterocycles. The largest absolute Gasteiger partial charge is 0.368 e. The number of carbonyl (C=O) groups excluding carboxylic acids is 2. The average molecular weight is 461 g/mol. The van der Waals surface area contributed by atoms with Gasteiger partial charge in [0.2, 0.25) is 11.8 Å². The number of piperazine rings is 1. The summed E-state index contributed by atoms with van der Waals surface area (Å²) in [6.07, 6.45) is 4.94. The van der Waals surface area contributed by atoms with Gasteiger partial charge in [0.05, 0.1) is 22.4 Å². The molecule has 1 aliphatic carbocycles. The molecule has 8 heteroatoms. The Hall–Kier alpha value is -3.68. The van der Waals surface area contributed by atoms with Crippen LogP contribution in [-0.2, 0) is 9.59 Å². The van der Waals surface area contributed by atoms with Gasteiger partial charge < -0.3 is 9.80 Å². The SMILES string of the molecule is Cc1ccc(C)c(N2CCN(c3ccc(N4C(=O)C5CC=CCC5C4=O)cc3[N+](=O)[O-])CC2)c1. The summed E-state index contributed by atoms with van der Waals surface area (Å²) in [6.45, 7) is 6.96. The van der Waals surface area contributed by atoms with Crippen molar-refractivity contribution < 1.29 is 14.5 Å². The zero-order valence-electron chi connectivity index (χ0n) is 19.4. The van der Waals surface area contributed by atoms with E-state index >= 15 is 0 Å². The number of aryl methyl sites for hydroxylation is 2. The number of imide groups is 1. The zero-order valence-corrected chi connectivity index (χ0v) is 19.4. The van der Waals surface area contributed by atoms with E-state index in [9.17, 15) is 19.7 Å². The molecule has 0 bridgehead atoms. The van der Waals surface area contributed by atoms with Crippen LogP contribution in [0.4, 0.5) is 22.7 Å². The summed E-state index contributed by atoms with van der Waals surface area (Å²) in [7, 11) is 0. The van der Waals surface area contributed by atoms with Crippen LogP contribution in [0.25, 0.3) is 0 Å². The van der Waals surface area contributed by atoms with Crippen LogP contribution in [0.3, 0.4) is 0 Å². The minimum absolute atomic E-state index is 0.0775. The van der Waals surface area contributed by atoms with Gasteiger partial charge in [-0.15, -0.1) is 0 Å². The van der Waals surface area contributed by atoms with Crippen LogP contribution in [-0.4, -0.2) is 42.9 Å². The molecule has 2 fully saturated rings. The summed E-state index contributed by atoms with van der Waals surface area (Å²) in [5.74, 6) is -1.25. The second-order valence-corrected chi connectivity index (χ2v) is 9.36. The molecule has 176 valence electrons. The van der Waals surface area contributed by atoms with E-state index in [-0.39, 0.29) is 35.0 Å². The third-order valence-electron chi connectivity index (χ3n) is 7.25. The maximum atomic E-state index is 12.9. The van der Waals surface area contributed by atoms with Crippen molar-refractivity contribution >= 4 is 34.6 Å². The number of nitro benzene ring substituents is 1. The molecule has 2 aromatic rings. The van der Waals surface area contributed by atoms with Crippen molar-refractivity contribution in [3.8, 4) is 0 Å². The molecule has 0 aromatic heterocycles. The molecular formula is C26H28N4O4. The number of amides is 2. The van der Waals surface area contributed by atoms with Crippen molar-refractivity contribution in [1.82, 2.24) is 0 Å². The van der Waals surface area contributed by atoms with Gasteiger partial charge in [-0.3, -0.25) is 19.7 Å². The number of fused-ring (bicyclic) bond motifs is 1. The van der Waals surface area contributed by atoms with Crippen molar-refractivity contribution in [1.29, 1.82) is 0 Å². The van der Waals surface area contributed by atoms with Gasteiger partial charge in [0, 0.05) is 37.9 Å². The van der Waals surface area contributed by atoms with Gasteiger partial charge in [0.1, 0.15) is 5.69 Å². The molecule has 34 heavy (non-hydrogen) atoms. The number of allylic oxidation sites excluding steroid dienone is 2. The van der Waals surface area contributed by atoms with Crippen LogP contribution < -0.4 is 14.7 Å². The Balaban J connectivity index is 1.38. The summed E-state index contributed by atoms with van der Waals surface area (Å²) in [4.78, 5) is 42.9. The Morgan fingerprint density at radius 2 is 1.41 bits per heavy atom. The van der Waals surface area contributed by atoms with Crippen LogP contribution in [0.2, 0.25) is 0 Å². The van der Waals surface area contributed by atoms with Crippen LogP contribution in [0.15, 0.2) is 48.6 Å². The maximum Gasteiger partial charge on any atom is 0.294 e. The first-order valence-electron chi connectivity index (χ1n) is 11.7. The van der Waals surface area contributed by atoms with E-state index in [4.69, 9.17) is 0 Å². The fourth-order valence-corrected chi connectivity index (χ4v) is 5.37. The number of hydrogen-bond donors (Lipinski definition) is 0. The fraction of sp³-hybridized carbons (Fsp3) is 0.385. The highest BCUT2D eigenvalue weighted by Gasteiger charge is 2.48. The van der Waals surface area contributed by atoms with Gasteiger partial charge in [0.25, 0.3) is 5.69 Å². The van der Waals surface area contributed by atoms with Gasteiger partial charge in [-0.25, -0.2) is 4.90 Å². The zero-order chi connectivity index (χ0) is 24.0. The summed E-state index contributed by atoms with van der Waals surface area (Å²) in [5.41, 5.74) is 4.35. The quantitative estimate of drug-likeness (QED) is 0.297. The van der Waals surface area contributed by atoms with Gasteiger partial charge in [-0.05, 0) is 56.0 Å². The molecule has 0 saturated carbocycles. The number of carbonyl (C=O) groups is 2. The lowest BCUT2D eigenvalue weighted by Crippen LogP contribution is -2.47. The average Bonchev–Trinajstić information content (AvgIpc) is 3.10. The molecule has 5 rings (SSSR count). The number of nitrogens with zero attached hydrogens (tertiary/aromatic N) is 4. The van der Waals surface area contributed by atoms with E-state index in [1.165, 1.54) is 22.9 Å². The number of rotatable bonds is 4. The third kappa shape index (κ3) is 3.73. The van der Waals surface area contributed by atoms with E-state index in [1.807, 2.05) is 17.1 Å². The Morgan fingerprint density at radius 1 is 0.824 bits per heavy atom. The third-order valence-corrected chi connectivity index (χ3v) is 7.25. The summed E-state index contributed by atoms with van der Waals surface area (Å²) < 4.78 is 0. The molecule has 2 atom stereocenters. The topological polar surface area (TPSA) is 87.0 Å². The first kappa shape index (κ1) is 22.1. The van der Waals surface area contributed by atoms with Crippen molar-refractivity contribution in [3.05, 3.63) is 69.8 Å². The maximum absolute atomic E-state index is 12.9. The Kier molecular flexibility index (Phi) is 5.59. The molecular weight excluding hydrogens is 432 g/mol. The van der Waals surface area contributed by atoms with E-state index < -0.39 is 4.92 Å². The number of benzene rings is 2. The molecule has 0 spiro atoms. The molecule has 0 radical (unpaired) electrons. The van der Waals surface area contributed by atoms with Crippen LogP contribution in [0, 0.1) is 35.8 Å². The Labute approximate surface area is 198 Å². The lowest BCUT2D eigenvalue weighted by atomic mass is 9.85. The normalized spacial score (nSPS) is 22.4. The number of anilines is 3. The molecule has 3 aliphatic rings. The Morgan fingerprint density at radius 3 is 2.00 bits per heavy atom. The second kappa shape index (κ2) is 8.59. The van der Waals surface area contributed by atoms with E-state index in [0.717, 1.165) is 18.0 Å². The van der Waals surface area contributed by atoms with E-state index in [1.54, 1.807) is 12.1 Å². The number of nitro groups is 1. The molecule has 0 N–H and O–H groups in total. The van der Waals surface area contributed by atoms with Gasteiger partial charge in [0.15, 0.2) is 0 Å². The molecule has 2 aliphatic heterocycles. The van der Waals surface area contributed by atoms with Crippen molar-refractivity contribution in [2.45, 2.75) is 26.7 Å². The lowest BCUT2D eigenvalue weighted by Gasteiger charge is -2.38. The van der Waals surface area contributed by atoms with Gasteiger partial charge in [-0.1, -0.05) is 24.3 Å². The minimum Gasteiger partial charge on any atom is -0.368 e. The summed E-state index contributed by atoms with van der Waals surface area (Å²) >= 11 is 0. The van der Waals surface area contributed by atoms with Crippen LogP contribution >= 0.6 is 0 Å². The van der Waals surface area contributed by atoms with E-state index in [2.05, 4.69) is 36.9 Å². The lowest BCUT2D eigenvalue weighted by molar-refractivity contribution is -0.384. The van der Waals surface area contributed by atoms with Crippen molar-refractivity contribution in [3.63, 3.8) is 0 Å². The monoisotopic (exact) mass is 460 g/mol. The second-order valence-electron chi connectivity index (χ2n) is 9.36. The highest BCUT2D eigenvalue weighted by atomic mass is 16.6. The van der Waals surface area contributed by atoms with Crippen LogP contribution in [0.5, 0.6) is 0 Å². The van der Waals surface area contributed by atoms with E-state index in [0.29, 0.717) is 31.6 Å². The highest BCUT2D eigenvalue weighted by Crippen LogP contribution is 2.40. The standard InChI is InChI=1S/C26H28N4O4/c1-17-7-8-18(2)23(15-17)28-13-11-27(12-14-28)22-10-9-19(16-24(22)30(33)34)29-25(31)20-5-3-4-6-21(20)26(29)32/h3-4,7-10,15-16,20-21H,5-6,11-14H2,1-2H3. The number of hydrogen-bond acceptors (Lipinski definition) is 6. The fourth-order valence-electron chi connectivity index (χ4n) is 5.37. The highest BCUT2D eigenvalue weighted by molar-refractivity contribution is 6.22. The summed E-state index contributed by atoms with van der Waals surface area (Å²) in [5, 5.41) is 12.0. The van der Waals surface area contributed by atoms with Crippen molar-refractivity contribution in [2.75, 3.05) is 40.9 Å². The first-order chi connectivity index (χ1) is 16.3. The molecule has 2 amide bonds. The van der Waals surface area contributed by atoms with Crippen LogP contribution in [0.1, 0.15) is 24.0 Å². The molecule has 2 unspecified atom stereocenters. The molecule has 8 nitrogen and oxygen atoms in total.